The third-order valence-electron chi connectivity index (χ3n) is 4.52. The Morgan fingerprint density at radius 1 is 0.897 bits per heavy atom. The van der Waals surface area contributed by atoms with Crippen molar-refractivity contribution in [3.8, 4) is 0 Å². The van der Waals surface area contributed by atoms with E-state index in [1.165, 1.54) is 0 Å². The van der Waals surface area contributed by atoms with Crippen LogP contribution in [0.5, 0.6) is 0 Å². The van der Waals surface area contributed by atoms with E-state index in [2.05, 4.69) is 15.6 Å². The molecule has 2 aromatic heterocycles. The Balaban J connectivity index is 1.53. The summed E-state index contributed by atoms with van der Waals surface area (Å²) in [7, 11) is 3.95. The maximum absolute atomic E-state index is 12.9. The molecule has 0 saturated carbocycles. The lowest BCUT2D eigenvalue weighted by molar-refractivity contribution is 0.102. The first-order valence-electron chi connectivity index (χ1n) is 9.44. The molecule has 0 aliphatic rings. The van der Waals surface area contributed by atoms with Gasteiger partial charge in [-0.15, -0.1) is 0 Å². The van der Waals surface area contributed by atoms with Gasteiger partial charge < -0.3 is 19.9 Å². The summed E-state index contributed by atoms with van der Waals surface area (Å²) in [6, 6.07) is 23.4. The molecule has 0 fully saturated rings. The molecule has 0 radical (unpaired) electrons. The highest BCUT2D eigenvalue weighted by atomic mass is 16.1. The highest BCUT2D eigenvalue weighted by molar-refractivity contribution is 6.04. The van der Waals surface area contributed by atoms with Crippen LogP contribution in [0.25, 0.3) is 5.65 Å². The Bertz CT molecular complexity index is 1120. The fourth-order valence-electron chi connectivity index (χ4n) is 3.19. The Hall–Kier alpha value is -3.64. The summed E-state index contributed by atoms with van der Waals surface area (Å²) in [5.41, 5.74) is 4.76. The number of carbonyl (C=O) groups is 1. The van der Waals surface area contributed by atoms with Crippen molar-refractivity contribution < 1.29 is 4.79 Å². The number of nitrogens with zero attached hydrogens (tertiary/aromatic N) is 3. The highest BCUT2D eigenvalue weighted by Gasteiger charge is 2.19. The van der Waals surface area contributed by atoms with Crippen LogP contribution in [0.15, 0.2) is 79.0 Å². The van der Waals surface area contributed by atoms with Crippen LogP contribution in [0, 0.1) is 0 Å². The van der Waals surface area contributed by atoms with Gasteiger partial charge in [-0.1, -0.05) is 24.3 Å². The van der Waals surface area contributed by atoms with E-state index in [-0.39, 0.29) is 5.91 Å². The SMILES string of the molecule is CN(C)Cc1c(C(=O)Nc2ccc(Nc3ccccc3)cc2)nc2ccccn12. The molecule has 0 saturated heterocycles. The molecule has 1 amide bonds. The second kappa shape index (κ2) is 8.16. The fourth-order valence-corrected chi connectivity index (χ4v) is 3.19. The van der Waals surface area contributed by atoms with Gasteiger partial charge in [0.1, 0.15) is 5.65 Å². The number of amides is 1. The first-order valence-corrected chi connectivity index (χ1v) is 9.44. The predicted octanol–water partition coefficient (Wildman–Crippen LogP) is 4.39. The van der Waals surface area contributed by atoms with Crippen LogP contribution < -0.4 is 10.6 Å². The second-order valence-corrected chi connectivity index (χ2v) is 7.10. The normalized spacial score (nSPS) is 11.0. The molecule has 2 N–H and O–H groups in total. The van der Waals surface area contributed by atoms with Crippen LogP contribution in [0.2, 0.25) is 0 Å². The van der Waals surface area contributed by atoms with Gasteiger partial charge in [-0.2, -0.15) is 0 Å². The number of rotatable bonds is 6. The summed E-state index contributed by atoms with van der Waals surface area (Å²) in [4.78, 5) is 19.5. The average molecular weight is 385 g/mol. The maximum atomic E-state index is 12.9. The minimum absolute atomic E-state index is 0.214. The molecule has 0 spiro atoms. The van der Waals surface area contributed by atoms with Crippen molar-refractivity contribution in [2.75, 3.05) is 24.7 Å². The Morgan fingerprint density at radius 2 is 1.55 bits per heavy atom. The van der Waals surface area contributed by atoms with Crippen molar-refractivity contribution >= 4 is 28.6 Å². The van der Waals surface area contributed by atoms with E-state index < -0.39 is 0 Å². The molecule has 0 bridgehead atoms. The van der Waals surface area contributed by atoms with Gasteiger partial charge >= 0.3 is 0 Å². The monoisotopic (exact) mass is 385 g/mol. The van der Waals surface area contributed by atoms with Gasteiger partial charge in [-0.05, 0) is 62.6 Å². The lowest BCUT2D eigenvalue weighted by Gasteiger charge is -2.12. The third-order valence-corrected chi connectivity index (χ3v) is 4.52. The van der Waals surface area contributed by atoms with Crippen molar-refractivity contribution in [3.05, 3.63) is 90.4 Å². The second-order valence-electron chi connectivity index (χ2n) is 7.10. The number of para-hydroxylation sites is 1. The number of aromatic nitrogens is 2. The molecule has 0 unspecified atom stereocenters. The minimum Gasteiger partial charge on any atom is -0.356 e. The van der Waals surface area contributed by atoms with E-state index in [4.69, 9.17) is 0 Å². The molecule has 0 atom stereocenters. The number of fused-ring (bicyclic) bond motifs is 1. The number of imidazole rings is 1. The molecule has 4 aromatic rings. The van der Waals surface area contributed by atoms with Crippen LogP contribution in [0.4, 0.5) is 17.1 Å². The molecule has 2 aromatic carbocycles. The maximum Gasteiger partial charge on any atom is 0.276 e. The van der Waals surface area contributed by atoms with Gasteiger partial charge in [0.25, 0.3) is 5.91 Å². The Morgan fingerprint density at radius 3 is 2.28 bits per heavy atom. The van der Waals surface area contributed by atoms with Gasteiger partial charge in [0, 0.05) is 29.8 Å². The van der Waals surface area contributed by atoms with Gasteiger partial charge in [-0.25, -0.2) is 4.98 Å². The van der Waals surface area contributed by atoms with E-state index in [9.17, 15) is 4.79 Å². The van der Waals surface area contributed by atoms with Gasteiger partial charge in [0.2, 0.25) is 0 Å². The van der Waals surface area contributed by atoms with Crippen molar-refractivity contribution in [1.29, 1.82) is 0 Å². The summed E-state index contributed by atoms with van der Waals surface area (Å²) in [5.74, 6) is -0.214. The zero-order valence-corrected chi connectivity index (χ0v) is 16.5. The highest BCUT2D eigenvalue weighted by Crippen LogP contribution is 2.20. The fraction of sp³-hybridized carbons (Fsp3) is 0.130. The quantitative estimate of drug-likeness (QED) is 0.517. The van der Waals surface area contributed by atoms with Crippen molar-refractivity contribution in [1.82, 2.24) is 14.3 Å². The number of carbonyl (C=O) groups excluding carboxylic acids is 1. The zero-order valence-electron chi connectivity index (χ0n) is 16.5. The van der Waals surface area contributed by atoms with E-state index >= 15 is 0 Å². The van der Waals surface area contributed by atoms with Crippen LogP contribution in [0.3, 0.4) is 0 Å². The number of benzene rings is 2. The first kappa shape index (κ1) is 18.7. The van der Waals surface area contributed by atoms with E-state index in [1.807, 2.05) is 102 Å². The number of anilines is 3. The molecule has 2 heterocycles. The molecule has 6 nitrogen and oxygen atoms in total. The topological polar surface area (TPSA) is 61.7 Å². The van der Waals surface area contributed by atoms with Gasteiger partial charge in [-0.3, -0.25) is 4.79 Å². The number of nitrogens with one attached hydrogen (secondary N) is 2. The molecule has 0 aliphatic carbocycles. The van der Waals surface area contributed by atoms with Gasteiger partial charge in [0.05, 0.1) is 5.69 Å². The molecule has 29 heavy (non-hydrogen) atoms. The summed E-state index contributed by atoms with van der Waals surface area (Å²) in [5, 5.41) is 6.29. The van der Waals surface area contributed by atoms with Crippen LogP contribution >= 0.6 is 0 Å². The molecular formula is C23H23N5O. The van der Waals surface area contributed by atoms with Crippen molar-refractivity contribution in [3.63, 3.8) is 0 Å². The summed E-state index contributed by atoms with van der Waals surface area (Å²) >= 11 is 0. The standard InChI is InChI=1S/C23H23N5O/c1-27(2)16-20-22(26-21-10-6-7-15-28(20)21)23(29)25-19-13-11-18(12-14-19)24-17-8-4-3-5-9-17/h3-15,24H,16H2,1-2H3,(H,25,29). The molecule has 6 heteroatoms. The molecule has 146 valence electrons. The van der Waals surface area contributed by atoms with Crippen LogP contribution in [-0.4, -0.2) is 34.3 Å². The number of pyridine rings is 1. The summed E-state index contributed by atoms with van der Waals surface area (Å²) in [6.07, 6.45) is 1.93. The Kier molecular flexibility index (Phi) is 5.27. The zero-order chi connectivity index (χ0) is 20.2. The van der Waals surface area contributed by atoms with Crippen LogP contribution in [-0.2, 0) is 6.54 Å². The lowest BCUT2D eigenvalue weighted by atomic mass is 10.2. The molecule has 0 aliphatic heterocycles. The van der Waals surface area contributed by atoms with Crippen molar-refractivity contribution in [2.24, 2.45) is 0 Å². The number of hydrogen-bond acceptors (Lipinski definition) is 4. The van der Waals surface area contributed by atoms with E-state index in [0.717, 1.165) is 28.4 Å². The van der Waals surface area contributed by atoms with E-state index in [0.29, 0.717) is 12.2 Å². The van der Waals surface area contributed by atoms with E-state index in [1.54, 1.807) is 0 Å². The first-order chi connectivity index (χ1) is 14.1. The lowest BCUT2D eigenvalue weighted by Crippen LogP contribution is -2.19. The molecule has 4 rings (SSSR count). The average Bonchev–Trinajstić information content (AvgIpc) is 3.08. The molecular weight excluding hydrogens is 362 g/mol. The van der Waals surface area contributed by atoms with Crippen LogP contribution in [0.1, 0.15) is 16.2 Å². The smallest absolute Gasteiger partial charge is 0.276 e. The predicted molar refractivity (Wildman–Crippen MR) is 117 cm³/mol. The van der Waals surface area contributed by atoms with Crippen molar-refractivity contribution in [2.45, 2.75) is 6.54 Å². The minimum atomic E-state index is -0.214. The largest absolute Gasteiger partial charge is 0.356 e. The summed E-state index contributed by atoms with van der Waals surface area (Å²) in [6.45, 7) is 0.619. The third kappa shape index (κ3) is 4.28. The Labute approximate surface area is 169 Å². The summed E-state index contributed by atoms with van der Waals surface area (Å²) < 4.78 is 1.96. The number of hydrogen-bond donors (Lipinski definition) is 2. The van der Waals surface area contributed by atoms with Gasteiger partial charge in [0.15, 0.2) is 5.69 Å².